The van der Waals surface area contributed by atoms with E-state index in [1.165, 1.54) is 0 Å². The molecule has 112 valence electrons. The Morgan fingerprint density at radius 1 is 1.38 bits per heavy atom. The van der Waals surface area contributed by atoms with E-state index in [2.05, 4.69) is 20.9 Å². The van der Waals surface area contributed by atoms with Gasteiger partial charge in [-0.05, 0) is 25.0 Å². The Kier molecular flexibility index (Phi) is 4.54. The summed E-state index contributed by atoms with van der Waals surface area (Å²) in [6, 6.07) is 5.14. The van der Waals surface area contributed by atoms with Crippen LogP contribution in [0, 0.1) is 6.92 Å². The Hall–Kier alpha value is -2.41. The smallest absolute Gasteiger partial charge is 0.251 e. The largest absolute Gasteiger partial charge is 0.359 e. The second-order valence-electron chi connectivity index (χ2n) is 5.08. The number of anilines is 1. The van der Waals surface area contributed by atoms with Gasteiger partial charge in [0.25, 0.3) is 5.91 Å². The van der Waals surface area contributed by atoms with Crippen LogP contribution >= 0.6 is 0 Å². The highest BCUT2D eigenvalue weighted by Gasteiger charge is 2.12. The number of rotatable bonds is 5. The molecular weight excluding hydrogens is 270 g/mol. The van der Waals surface area contributed by atoms with Gasteiger partial charge in [-0.25, -0.2) is 10.8 Å². The van der Waals surface area contributed by atoms with E-state index in [-0.39, 0.29) is 18.4 Å². The molecular formula is C14H19N5O2. The highest BCUT2D eigenvalue weighted by molar-refractivity contribution is 5.94. The van der Waals surface area contributed by atoms with E-state index >= 15 is 0 Å². The highest BCUT2D eigenvalue weighted by Crippen LogP contribution is 2.17. The van der Waals surface area contributed by atoms with Crippen molar-refractivity contribution in [3.05, 3.63) is 40.9 Å². The van der Waals surface area contributed by atoms with Crippen LogP contribution in [0.15, 0.2) is 22.7 Å². The van der Waals surface area contributed by atoms with Crippen LogP contribution in [0.3, 0.4) is 0 Å². The third kappa shape index (κ3) is 3.79. The zero-order valence-electron chi connectivity index (χ0n) is 12.3. The normalized spacial score (nSPS) is 10.7. The van der Waals surface area contributed by atoms with E-state index in [1.54, 1.807) is 18.2 Å². The van der Waals surface area contributed by atoms with E-state index in [1.807, 2.05) is 20.8 Å². The zero-order valence-corrected chi connectivity index (χ0v) is 12.3. The fourth-order valence-electron chi connectivity index (χ4n) is 1.82. The van der Waals surface area contributed by atoms with Crippen molar-refractivity contribution in [3.63, 3.8) is 0 Å². The molecule has 0 aliphatic rings. The molecule has 0 unspecified atom stereocenters. The van der Waals surface area contributed by atoms with Crippen molar-refractivity contribution in [3.8, 4) is 0 Å². The minimum Gasteiger partial charge on any atom is -0.359 e. The van der Waals surface area contributed by atoms with Crippen molar-refractivity contribution in [2.75, 3.05) is 5.43 Å². The summed E-state index contributed by atoms with van der Waals surface area (Å²) in [4.78, 5) is 16.5. The molecule has 0 atom stereocenters. The number of hydrogen-bond donors (Lipinski definition) is 3. The predicted octanol–water partition coefficient (Wildman–Crippen LogP) is 1.72. The Labute approximate surface area is 122 Å². The van der Waals surface area contributed by atoms with Crippen molar-refractivity contribution in [2.24, 2.45) is 5.84 Å². The summed E-state index contributed by atoms with van der Waals surface area (Å²) in [5, 5.41) is 6.55. The van der Waals surface area contributed by atoms with Crippen LogP contribution in [0.2, 0.25) is 0 Å². The van der Waals surface area contributed by atoms with Crippen LogP contribution in [-0.2, 0) is 6.54 Å². The number of pyridine rings is 1. The third-order valence-corrected chi connectivity index (χ3v) is 2.95. The fraction of sp³-hybridized carbons (Fsp3) is 0.357. The van der Waals surface area contributed by atoms with Crippen molar-refractivity contribution < 1.29 is 9.32 Å². The monoisotopic (exact) mass is 289 g/mol. The quantitative estimate of drug-likeness (QED) is 0.571. The van der Waals surface area contributed by atoms with E-state index < -0.39 is 0 Å². The van der Waals surface area contributed by atoms with Gasteiger partial charge in [-0.2, -0.15) is 0 Å². The molecule has 0 saturated carbocycles. The van der Waals surface area contributed by atoms with Crippen LogP contribution in [0.5, 0.6) is 0 Å². The molecule has 2 heterocycles. The van der Waals surface area contributed by atoms with Gasteiger partial charge in [0.15, 0.2) is 5.76 Å². The molecule has 21 heavy (non-hydrogen) atoms. The fourth-order valence-corrected chi connectivity index (χ4v) is 1.82. The van der Waals surface area contributed by atoms with Gasteiger partial charge in [0, 0.05) is 17.3 Å². The molecule has 0 radical (unpaired) electrons. The molecule has 0 aromatic carbocycles. The molecule has 0 aliphatic carbocycles. The maximum absolute atomic E-state index is 12.2. The molecule has 0 saturated heterocycles. The molecule has 1 amide bonds. The number of carbonyl (C=O) groups is 1. The zero-order chi connectivity index (χ0) is 15.4. The van der Waals surface area contributed by atoms with Gasteiger partial charge in [-0.3, -0.25) is 4.79 Å². The predicted molar refractivity (Wildman–Crippen MR) is 78.5 cm³/mol. The van der Waals surface area contributed by atoms with Crippen molar-refractivity contribution in [2.45, 2.75) is 33.2 Å². The molecule has 2 rings (SSSR count). The van der Waals surface area contributed by atoms with Crippen LogP contribution in [0.1, 0.15) is 47.3 Å². The Balaban J connectivity index is 2.12. The first kappa shape index (κ1) is 15.0. The minimum absolute atomic E-state index is 0.196. The lowest BCUT2D eigenvalue weighted by Gasteiger charge is -2.10. The first-order valence-corrected chi connectivity index (χ1v) is 6.68. The van der Waals surface area contributed by atoms with E-state index in [0.29, 0.717) is 17.1 Å². The van der Waals surface area contributed by atoms with Gasteiger partial charge in [0.2, 0.25) is 0 Å². The molecule has 2 aromatic heterocycles. The first-order valence-electron chi connectivity index (χ1n) is 6.68. The maximum atomic E-state index is 12.2. The first-order chi connectivity index (χ1) is 9.99. The van der Waals surface area contributed by atoms with Gasteiger partial charge in [0.1, 0.15) is 5.82 Å². The SMILES string of the molecule is Cc1cc(CNC(=O)c2cc(NN)nc(C(C)C)c2)on1. The number of nitrogens with one attached hydrogen (secondary N) is 2. The van der Waals surface area contributed by atoms with Gasteiger partial charge in [0.05, 0.1) is 12.2 Å². The average molecular weight is 289 g/mol. The van der Waals surface area contributed by atoms with Crippen LogP contribution in [0.25, 0.3) is 0 Å². The number of aromatic nitrogens is 2. The summed E-state index contributed by atoms with van der Waals surface area (Å²) in [6.07, 6.45) is 0. The maximum Gasteiger partial charge on any atom is 0.251 e. The van der Waals surface area contributed by atoms with Crippen molar-refractivity contribution in [1.82, 2.24) is 15.5 Å². The number of hydrogen-bond acceptors (Lipinski definition) is 6. The molecule has 0 fully saturated rings. The number of nitrogens with two attached hydrogens (primary N) is 1. The summed E-state index contributed by atoms with van der Waals surface area (Å²) < 4.78 is 5.05. The summed E-state index contributed by atoms with van der Waals surface area (Å²) in [5.74, 6) is 6.43. The summed E-state index contributed by atoms with van der Waals surface area (Å²) in [7, 11) is 0. The lowest BCUT2D eigenvalue weighted by molar-refractivity contribution is 0.0947. The van der Waals surface area contributed by atoms with Crippen LogP contribution < -0.4 is 16.6 Å². The summed E-state index contributed by atoms with van der Waals surface area (Å²) in [5.41, 5.74) is 4.55. The lowest BCUT2D eigenvalue weighted by Crippen LogP contribution is -2.23. The van der Waals surface area contributed by atoms with E-state index in [9.17, 15) is 4.79 Å². The number of carbonyl (C=O) groups excluding carboxylic acids is 1. The Bertz CT molecular complexity index is 636. The highest BCUT2D eigenvalue weighted by atomic mass is 16.5. The molecule has 0 aliphatic heterocycles. The van der Waals surface area contributed by atoms with E-state index in [0.717, 1.165) is 11.4 Å². The number of hydrazine groups is 1. The molecule has 4 N–H and O–H groups in total. The summed E-state index contributed by atoms with van der Waals surface area (Å²) in [6.45, 7) is 6.11. The second-order valence-corrected chi connectivity index (χ2v) is 5.08. The Morgan fingerprint density at radius 2 is 2.14 bits per heavy atom. The summed E-state index contributed by atoms with van der Waals surface area (Å²) >= 11 is 0. The lowest BCUT2D eigenvalue weighted by atomic mass is 10.1. The molecule has 0 bridgehead atoms. The molecule has 2 aromatic rings. The number of amides is 1. The van der Waals surface area contributed by atoms with Gasteiger partial charge < -0.3 is 15.3 Å². The minimum atomic E-state index is -0.218. The molecule has 0 spiro atoms. The average Bonchev–Trinajstić information content (AvgIpc) is 2.89. The topological polar surface area (TPSA) is 106 Å². The van der Waals surface area contributed by atoms with E-state index in [4.69, 9.17) is 10.4 Å². The van der Waals surface area contributed by atoms with Gasteiger partial charge in [-0.15, -0.1) is 0 Å². The van der Waals surface area contributed by atoms with Gasteiger partial charge in [-0.1, -0.05) is 19.0 Å². The molecule has 7 heteroatoms. The second kappa shape index (κ2) is 6.36. The Morgan fingerprint density at radius 3 is 2.71 bits per heavy atom. The van der Waals surface area contributed by atoms with Crippen molar-refractivity contribution in [1.29, 1.82) is 0 Å². The van der Waals surface area contributed by atoms with Gasteiger partial charge >= 0.3 is 0 Å². The number of nitrogen functional groups attached to an aromatic ring is 1. The molecule has 7 nitrogen and oxygen atoms in total. The van der Waals surface area contributed by atoms with Crippen molar-refractivity contribution >= 4 is 11.7 Å². The van der Waals surface area contributed by atoms with Crippen LogP contribution in [0.4, 0.5) is 5.82 Å². The van der Waals surface area contributed by atoms with Crippen LogP contribution in [-0.4, -0.2) is 16.0 Å². The third-order valence-electron chi connectivity index (χ3n) is 2.95. The number of nitrogens with zero attached hydrogens (tertiary/aromatic N) is 2. The number of aryl methyl sites for hydroxylation is 1. The standard InChI is InChI=1S/C14H19N5O2/c1-8(2)12-5-10(6-13(17-12)18-15)14(20)16-7-11-4-9(3)19-21-11/h4-6,8H,7,15H2,1-3H3,(H,16,20)(H,17,18).